The lowest BCUT2D eigenvalue weighted by Gasteiger charge is -2.27. The van der Waals surface area contributed by atoms with E-state index >= 15 is 0 Å². The number of carbonyl (C=O) groups excluding carboxylic acids is 1. The van der Waals surface area contributed by atoms with E-state index in [1.165, 1.54) is 5.56 Å². The number of nitrogens with zero attached hydrogens (tertiary/aromatic N) is 3. The Morgan fingerprint density at radius 3 is 2.86 bits per heavy atom. The zero-order valence-corrected chi connectivity index (χ0v) is 16.5. The molecule has 1 amide bonds. The highest BCUT2D eigenvalue weighted by Crippen LogP contribution is 2.38. The van der Waals surface area contributed by atoms with E-state index in [-0.39, 0.29) is 18.6 Å². The molecule has 2 N–H and O–H groups in total. The van der Waals surface area contributed by atoms with Gasteiger partial charge in [0.2, 0.25) is 5.91 Å². The van der Waals surface area contributed by atoms with Crippen LogP contribution in [0.3, 0.4) is 0 Å². The first kappa shape index (κ1) is 18.6. The number of rotatable bonds is 5. The molecule has 1 aliphatic heterocycles. The van der Waals surface area contributed by atoms with E-state index in [4.69, 9.17) is 0 Å². The highest BCUT2D eigenvalue weighted by atomic mass is 32.1. The average molecular weight is 395 g/mol. The lowest BCUT2D eigenvalue weighted by atomic mass is 10.0. The van der Waals surface area contributed by atoms with Crippen LogP contribution in [0.5, 0.6) is 0 Å². The van der Waals surface area contributed by atoms with Crippen molar-refractivity contribution in [2.24, 2.45) is 0 Å². The molecule has 2 aromatic heterocycles. The molecule has 28 heavy (non-hydrogen) atoms. The fourth-order valence-corrected chi connectivity index (χ4v) is 4.77. The normalized spacial score (nSPS) is 14.6. The minimum Gasteiger partial charge on any atom is -0.394 e. The van der Waals surface area contributed by atoms with Gasteiger partial charge in [-0.15, -0.1) is 11.3 Å². The van der Waals surface area contributed by atoms with Gasteiger partial charge in [-0.05, 0) is 24.5 Å². The van der Waals surface area contributed by atoms with E-state index in [1.54, 1.807) is 24.6 Å². The quantitative estimate of drug-likeness (QED) is 0.649. The van der Waals surface area contributed by atoms with Crippen molar-refractivity contribution in [3.05, 3.63) is 64.8 Å². The number of hydrogen-bond acceptors (Lipinski definition) is 6. The highest BCUT2D eigenvalue weighted by Gasteiger charge is 2.27. The van der Waals surface area contributed by atoms with Crippen LogP contribution in [0, 0.1) is 0 Å². The van der Waals surface area contributed by atoms with Gasteiger partial charge in [0, 0.05) is 17.0 Å². The number of fused-ring (bicyclic) bond motifs is 3. The van der Waals surface area contributed by atoms with Crippen LogP contribution in [0.2, 0.25) is 0 Å². The first-order valence-electron chi connectivity index (χ1n) is 9.21. The lowest BCUT2D eigenvalue weighted by Crippen LogP contribution is -2.35. The van der Waals surface area contributed by atoms with Crippen molar-refractivity contribution >= 4 is 33.3 Å². The number of benzene rings is 1. The van der Waals surface area contributed by atoms with Gasteiger partial charge in [0.05, 0.1) is 24.6 Å². The van der Waals surface area contributed by atoms with Crippen molar-refractivity contribution in [1.82, 2.24) is 14.9 Å². The van der Waals surface area contributed by atoms with Gasteiger partial charge in [-0.25, -0.2) is 9.97 Å². The molecule has 3 aromatic rings. The Kier molecular flexibility index (Phi) is 5.11. The fourth-order valence-electron chi connectivity index (χ4n) is 3.57. The first-order valence-corrected chi connectivity index (χ1v) is 10.0. The van der Waals surface area contributed by atoms with Gasteiger partial charge in [0.25, 0.3) is 0 Å². The summed E-state index contributed by atoms with van der Waals surface area (Å²) in [7, 11) is 0. The molecule has 0 saturated carbocycles. The first-order chi connectivity index (χ1) is 13.6. The molecule has 0 aliphatic carbocycles. The second-order valence-corrected chi connectivity index (χ2v) is 8.04. The Morgan fingerprint density at radius 1 is 1.36 bits per heavy atom. The zero-order chi connectivity index (χ0) is 19.7. The number of aromatic nitrogens is 2. The fraction of sp³-hybridized carbons (Fsp3) is 0.286. The summed E-state index contributed by atoms with van der Waals surface area (Å²) in [5.74, 6) is 0.724. The highest BCUT2D eigenvalue weighted by molar-refractivity contribution is 7.19. The van der Waals surface area contributed by atoms with E-state index in [0.717, 1.165) is 32.9 Å². The number of amides is 1. The third-order valence-electron chi connectivity index (χ3n) is 4.98. The molecule has 1 atom stereocenters. The van der Waals surface area contributed by atoms with Crippen molar-refractivity contribution in [2.45, 2.75) is 25.9 Å². The van der Waals surface area contributed by atoms with Gasteiger partial charge in [0.15, 0.2) is 0 Å². The van der Waals surface area contributed by atoms with Gasteiger partial charge < -0.3 is 15.3 Å². The zero-order valence-electron chi connectivity index (χ0n) is 15.7. The van der Waals surface area contributed by atoms with Gasteiger partial charge >= 0.3 is 0 Å². The van der Waals surface area contributed by atoms with Crippen LogP contribution in [0.1, 0.15) is 29.0 Å². The average Bonchev–Trinajstić information content (AvgIpc) is 3.10. The molecule has 1 aromatic carbocycles. The van der Waals surface area contributed by atoms with Gasteiger partial charge in [-0.3, -0.25) is 4.79 Å². The molecule has 1 aliphatic rings. The number of nitrogens with one attached hydrogen (secondary N) is 1. The van der Waals surface area contributed by atoms with Crippen LogP contribution in [0.4, 0.5) is 5.82 Å². The molecule has 0 saturated heterocycles. The minimum absolute atomic E-state index is 0.00281. The summed E-state index contributed by atoms with van der Waals surface area (Å²) in [6.07, 6.45) is 2.30. The summed E-state index contributed by atoms with van der Waals surface area (Å²) < 4.78 is 0. The number of carbonyl (C=O) groups is 1. The molecule has 0 fully saturated rings. The van der Waals surface area contributed by atoms with Gasteiger partial charge in [-0.2, -0.15) is 0 Å². The second kappa shape index (κ2) is 7.69. The van der Waals surface area contributed by atoms with E-state index in [9.17, 15) is 9.90 Å². The summed E-state index contributed by atoms with van der Waals surface area (Å²) in [6.45, 7) is 6.70. The lowest BCUT2D eigenvalue weighted by molar-refractivity contribution is -0.127. The minimum atomic E-state index is -0.250. The van der Waals surface area contributed by atoms with Crippen molar-refractivity contribution < 1.29 is 9.90 Å². The van der Waals surface area contributed by atoms with Crippen molar-refractivity contribution in [2.75, 3.05) is 18.5 Å². The summed E-state index contributed by atoms with van der Waals surface area (Å²) in [6, 6.07) is 9.57. The molecule has 3 heterocycles. The Balaban J connectivity index is 1.68. The standard InChI is InChI=1S/C21H22N4O2S/c1-13(2)21(27)25-9-8-15-17(10-25)28-20-18(15)19(22-12-23-20)24-16(11-26)14-6-4-3-5-7-14/h3-7,12,16,26H,1,8-11H2,2H3,(H,22,23,24). The maximum Gasteiger partial charge on any atom is 0.249 e. The van der Waals surface area contributed by atoms with Crippen LogP contribution in [-0.4, -0.2) is 39.0 Å². The third-order valence-corrected chi connectivity index (χ3v) is 6.11. The topological polar surface area (TPSA) is 78.4 Å². The van der Waals surface area contributed by atoms with E-state index in [1.807, 2.05) is 35.2 Å². The summed E-state index contributed by atoms with van der Waals surface area (Å²) >= 11 is 1.60. The van der Waals surface area contributed by atoms with Crippen LogP contribution in [-0.2, 0) is 17.8 Å². The largest absolute Gasteiger partial charge is 0.394 e. The summed E-state index contributed by atoms with van der Waals surface area (Å²) in [5, 5.41) is 14.3. The van der Waals surface area contributed by atoms with Gasteiger partial charge in [0.1, 0.15) is 17.0 Å². The van der Waals surface area contributed by atoms with Crippen LogP contribution in [0.25, 0.3) is 10.2 Å². The maximum absolute atomic E-state index is 12.3. The molecule has 1 unspecified atom stereocenters. The molecular weight excluding hydrogens is 372 g/mol. The van der Waals surface area contributed by atoms with Crippen molar-refractivity contribution in [3.63, 3.8) is 0 Å². The molecule has 144 valence electrons. The molecule has 4 rings (SSSR count). The summed E-state index contributed by atoms with van der Waals surface area (Å²) in [5.41, 5.74) is 2.75. The smallest absolute Gasteiger partial charge is 0.249 e. The van der Waals surface area contributed by atoms with E-state index in [0.29, 0.717) is 18.7 Å². The SMILES string of the molecule is C=C(C)C(=O)N1CCc2c(sc3ncnc(NC(CO)c4ccccc4)c23)C1. The van der Waals surface area contributed by atoms with Crippen LogP contribution in [0.15, 0.2) is 48.8 Å². The number of thiophene rings is 1. The predicted octanol–water partition coefficient (Wildman–Crippen LogP) is 3.30. The number of hydrogen-bond donors (Lipinski definition) is 2. The molecule has 0 bridgehead atoms. The molecule has 0 radical (unpaired) electrons. The molecule has 0 spiro atoms. The third kappa shape index (κ3) is 3.39. The molecular formula is C21H22N4O2S. The van der Waals surface area contributed by atoms with Crippen molar-refractivity contribution in [3.8, 4) is 0 Å². The monoisotopic (exact) mass is 394 g/mol. The van der Waals surface area contributed by atoms with E-state index < -0.39 is 0 Å². The van der Waals surface area contributed by atoms with Crippen LogP contribution >= 0.6 is 11.3 Å². The Bertz CT molecular complexity index is 1030. The number of anilines is 1. The Morgan fingerprint density at radius 2 is 2.14 bits per heavy atom. The second-order valence-electron chi connectivity index (χ2n) is 6.95. The molecule has 6 nitrogen and oxygen atoms in total. The molecule has 7 heteroatoms. The number of aliphatic hydroxyl groups is 1. The van der Waals surface area contributed by atoms with Crippen molar-refractivity contribution in [1.29, 1.82) is 0 Å². The maximum atomic E-state index is 12.3. The Labute approximate surface area is 167 Å². The van der Waals surface area contributed by atoms with Crippen LogP contribution < -0.4 is 5.32 Å². The Hall–Kier alpha value is -2.77. The van der Waals surface area contributed by atoms with E-state index in [2.05, 4.69) is 21.9 Å². The summed E-state index contributed by atoms with van der Waals surface area (Å²) in [4.78, 5) is 25.1. The van der Waals surface area contributed by atoms with Gasteiger partial charge in [-0.1, -0.05) is 36.9 Å². The predicted molar refractivity (Wildman–Crippen MR) is 111 cm³/mol. The number of aliphatic hydroxyl groups excluding tert-OH is 1.